The third-order valence-corrected chi connectivity index (χ3v) is 2.25. The van der Waals surface area contributed by atoms with Crippen LogP contribution in [0.5, 0.6) is 0 Å². The summed E-state index contributed by atoms with van der Waals surface area (Å²) in [7, 11) is 0. The van der Waals surface area contributed by atoms with Crippen molar-refractivity contribution in [2.45, 2.75) is 19.4 Å². The van der Waals surface area contributed by atoms with Gasteiger partial charge in [0.25, 0.3) is 5.69 Å². The monoisotopic (exact) mass is 253 g/mol. The zero-order valence-electron chi connectivity index (χ0n) is 9.90. The van der Waals surface area contributed by atoms with Gasteiger partial charge in [-0.15, -0.1) is 0 Å². The minimum Gasteiger partial charge on any atom is -0.394 e. The van der Waals surface area contributed by atoms with Crippen molar-refractivity contribution in [2.24, 2.45) is 0 Å². The van der Waals surface area contributed by atoms with Crippen LogP contribution < -0.4 is 5.32 Å². The molecule has 0 fully saturated rings. The largest absolute Gasteiger partial charge is 0.394 e. The molecule has 1 aromatic rings. The van der Waals surface area contributed by atoms with Crippen LogP contribution in [0.15, 0.2) is 12.1 Å². The van der Waals surface area contributed by atoms with Gasteiger partial charge < -0.3 is 10.4 Å². The molecule has 0 radical (unpaired) electrons. The highest BCUT2D eigenvalue weighted by Crippen LogP contribution is 2.31. The fourth-order valence-corrected chi connectivity index (χ4v) is 1.30. The highest BCUT2D eigenvalue weighted by Gasteiger charge is 2.26. The molecular weight excluding hydrogens is 241 g/mol. The van der Waals surface area contributed by atoms with Crippen molar-refractivity contribution < 1.29 is 14.4 Å². The first kappa shape index (κ1) is 13.9. The second-order valence-corrected chi connectivity index (χ2v) is 4.39. The number of aliphatic hydroxyl groups is 1. The number of aliphatic hydroxyl groups excluding tert-OH is 1. The number of nitro benzene ring substituents is 1. The van der Waals surface area contributed by atoms with Gasteiger partial charge in [-0.1, -0.05) is 0 Å². The third-order valence-electron chi connectivity index (χ3n) is 2.25. The fraction of sp³-hybridized carbons (Fsp3) is 0.364. The maximum absolute atomic E-state index is 13.7. The Balaban J connectivity index is 3.35. The minimum absolute atomic E-state index is 0.133. The Morgan fingerprint density at radius 1 is 1.61 bits per heavy atom. The van der Waals surface area contributed by atoms with Crippen molar-refractivity contribution in [3.8, 4) is 6.07 Å². The zero-order chi connectivity index (χ0) is 13.9. The molecule has 0 atom stereocenters. The van der Waals surface area contributed by atoms with Gasteiger partial charge >= 0.3 is 0 Å². The average molecular weight is 253 g/mol. The predicted octanol–water partition coefficient (Wildman–Crippen LogP) is 1.79. The summed E-state index contributed by atoms with van der Waals surface area (Å²) < 4.78 is 13.7. The second kappa shape index (κ2) is 4.98. The van der Waals surface area contributed by atoms with Gasteiger partial charge in [0.2, 0.25) is 0 Å². The lowest BCUT2D eigenvalue weighted by Crippen LogP contribution is -2.35. The summed E-state index contributed by atoms with van der Waals surface area (Å²) in [6.45, 7) is 2.80. The molecule has 0 aliphatic heterocycles. The van der Waals surface area contributed by atoms with Crippen LogP contribution >= 0.6 is 0 Å². The standard InChI is InChI=1S/C11H12FN3O3/c1-11(2,6-16)14-10-8(12)3-7(5-13)4-9(10)15(17)18/h3-4,14,16H,6H2,1-2H3. The molecule has 0 amide bonds. The van der Waals surface area contributed by atoms with E-state index in [1.54, 1.807) is 19.9 Å². The van der Waals surface area contributed by atoms with Gasteiger partial charge in [0, 0.05) is 6.07 Å². The summed E-state index contributed by atoms with van der Waals surface area (Å²) in [6, 6.07) is 3.54. The van der Waals surface area contributed by atoms with E-state index in [1.807, 2.05) is 0 Å². The first-order valence-electron chi connectivity index (χ1n) is 5.08. The first-order chi connectivity index (χ1) is 8.30. The number of halogens is 1. The topological polar surface area (TPSA) is 99.2 Å². The lowest BCUT2D eigenvalue weighted by molar-refractivity contribution is -0.384. The third kappa shape index (κ3) is 2.93. The van der Waals surface area contributed by atoms with E-state index in [0.717, 1.165) is 12.1 Å². The Morgan fingerprint density at radius 3 is 2.67 bits per heavy atom. The molecule has 2 N–H and O–H groups in total. The maximum Gasteiger partial charge on any atom is 0.296 e. The second-order valence-electron chi connectivity index (χ2n) is 4.39. The molecule has 1 rings (SSSR count). The van der Waals surface area contributed by atoms with Crippen LogP contribution in [0.4, 0.5) is 15.8 Å². The molecule has 18 heavy (non-hydrogen) atoms. The van der Waals surface area contributed by atoms with E-state index < -0.39 is 22.0 Å². The predicted molar refractivity (Wildman–Crippen MR) is 62.6 cm³/mol. The molecule has 0 aliphatic rings. The quantitative estimate of drug-likeness (QED) is 0.629. The molecule has 0 unspecified atom stereocenters. The number of benzene rings is 1. The van der Waals surface area contributed by atoms with E-state index >= 15 is 0 Å². The number of nitrogens with zero attached hydrogens (tertiary/aromatic N) is 2. The fourth-order valence-electron chi connectivity index (χ4n) is 1.30. The van der Waals surface area contributed by atoms with Gasteiger partial charge in [0.1, 0.15) is 5.69 Å². The summed E-state index contributed by atoms with van der Waals surface area (Å²) in [4.78, 5) is 10.1. The Kier molecular flexibility index (Phi) is 3.83. The molecule has 0 bridgehead atoms. The van der Waals surface area contributed by atoms with Crippen LogP contribution in [0.3, 0.4) is 0 Å². The van der Waals surface area contributed by atoms with E-state index in [4.69, 9.17) is 10.4 Å². The maximum atomic E-state index is 13.7. The van der Waals surface area contributed by atoms with Crippen LogP contribution in [0.25, 0.3) is 0 Å². The normalized spacial score (nSPS) is 10.8. The smallest absolute Gasteiger partial charge is 0.296 e. The van der Waals surface area contributed by atoms with Gasteiger partial charge in [-0.3, -0.25) is 10.1 Å². The Morgan fingerprint density at radius 2 is 2.22 bits per heavy atom. The van der Waals surface area contributed by atoms with Crippen molar-refractivity contribution in [3.63, 3.8) is 0 Å². The summed E-state index contributed by atoms with van der Waals surface area (Å²) in [5, 5.41) is 31.1. The van der Waals surface area contributed by atoms with Crippen molar-refractivity contribution in [1.29, 1.82) is 5.26 Å². The molecule has 1 aromatic carbocycles. The van der Waals surface area contributed by atoms with Crippen LogP contribution in [-0.4, -0.2) is 22.2 Å². The molecule has 0 heterocycles. The van der Waals surface area contributed by atoms with Gasteiger partial charge in [0.05, 0.1) is 28.7 Å². The minimum atomic E-state index is -0.917. The number of anilines is 1. The lowest BCUT2D eigenvalue weighted by atomic mass is 10.1. The average Bonchev–Trinajstić information content (AvgIpc) is 2.30. The highest BCUT2D eigenvalue weighted by atomic mass is 19.1. The Labute approximate surface area is 103 Å². The number of hydrogen-bond acceptors (Lipinski definition) is 5. The number of nitriles is 1. The number of nitro groups is 1. The van der Waals surface area contributed by atoms with Gasteiger partial charge in [-0.2, -0.15) is 5.26 Å². The molecule has 7 heteroatoms. The van der Waals surface area contributed by atoms with Crippen LogP contribution in [0, 0.1) is 27.3 Å². The highest BCUT2D eigenvalue weighted by molar-refractivity contribution is 5.66. The molecular formula is C11H12FN3O3. The lowest BCUT2D eigenvalue weighted by Gasteiger charge is -2.24. The molecule has 96 valence electrons. The number of nitrogens with one attached hydrogen (secondary N) is 1. The van der Waals surface area contributed by atoms with Crippen molar-refractivity contribution in [1.82, 2.24) is 0 Å². The Bertz CT molecular complexity index is 523. The summed E-state index contributed by atoms with van der Waals surface area (Å²) in [5.74, 6) is -0.901. The molecule has 0 aromatic heterocycles. The van der Waals surface area contributed by atoms with Gasteiger partial charge in [-0.05, 0) is 19.9 Å². The zero-order valence-corrected chi connectivity index (χ0v) is 9.90. The van der Waals surface area contributed by atoms with E-state index in [2.05, 4.69) is 5.32 Å². The number of rotatable bonds is 4. The van der Waals surface area contributed by atoms with E-state index in [-0.39, 0.29) is 17.9 Å². The van der Waals surface area contributed by atoms with Crippen molar-refractivity contribution >= 4 is 11.4 Å². The first-order valence-corrected chi connectivity index (χ1v) is 5.08. The van der Waals surface area contributed by atoms with Crippen LogP contribution in [-0.2, 0) is 0 Å². The van der Waals surface area contributed by atoms with Crippen LogP contribution in [0.1, 0.15) is 19.4 Å². The number of hydrogen-bond donors (Lipinski definition) is 2. The van der Waals surface area contributed by atoms with Crippen LogP contribution in [0.2, 0.25) is 0 Å². The van der Waals surface area contributed by atoms with E-state index in [1.165, 1.54) is 0 Å². The van der Waals surface area contributed by atoms with Gasteiger partial charge in [0.15, 0.2) is 5.82 Å². The molecule has 6 nitrogen and oxygen atoms in total. The SMILES string of the molecule is CC(C)(CO)Nc1c(F)cc(C#N)cc1[N+](=O)[O-]. The van der Waals surface area contributed by atoms with Gasteiger partial charge in [-0.25, -0.2) is 4.39 Å². The summed E-state index contributed by atoms with van der Waals surface area (Å²) >= 11 is 0. The van der Waals surface area contributed by atoms with E-state index in [0.29, 0.717) is 0 Å². The molecule has 0 aliphatic carbocycles. The molecule has 0 spiro atoms. The molecule has 0 saturated carbocycles. The van der Waals surface area contributed by atoms with Crippen molar-refractivity contribution in [3.05, 3.63) is 33.6 Å². The summed E-state index contributed by atoms with van der Waals surface area (Å²) in [6.07, 6.45) is 0. The van der Waals surface area contributed by atoms with Crippen molar-refractivity contribution in [2.75, 3.05) is 11.9 Å². The summed E-state index contributed by atoms with van der Waals surface area (Å²) in [5.41, 5.74) is -1.92. The van der Waals surface area contributed by atoms with E-state index in [9.17, 15) is 14.5 Å². The Hall–Kier alpha value is -2.20. The molecule has 0 saturated heterocycles.